The third kappa shape index (κ3) is 2.92. The monoisotopic (exact) mass is 328 g/mol. The first-order chi connectivity index (χ1) is 11.7. The van der Waals surface area contributed by atoms with E-state index in [1.54, 1.807) is 12.1 Å². The summed E-state index contributed by atoms with van der Waals surface area (Å²) in [6.07, 6.45) is 5.16. The molecule has 2 aliphatic rings. The molecular formula is C18H21FN4O. The fourth-order valence-corrected chi connectivity index (χ4v) is 3.58. The van der Waals surface area contributed by atoms with Crippen molar-refractivity contribution in [3.8, 4) is 0 Å². The van der Waals surface area contributed by atoms with Gasteiger partial charge in [0.05, 0.1) is 6.54 Å². The lowest BCUT2D eigenvalue weighted by molar-refractivity contribution is -0.122. The summed E-state index contributed by atoms with van der Waals surface area (Å²) < 4.78 is 15.9. The van der Waals surface area contributed by atoms with Gasteiger partial charge >= 0.3 is 0 Å². The van der Waals surface area contributed by atoms with Crippen LogP contribution in [0.1, 0.15) is 48.8 Å². The van der Waals surface area contributed by atoms with Crippen molar-refractivity contribution in [2.24, 2.45) is 5.92 Å². The van der Waals surface area contributed by atoms with E-state index < -0.39 is 0 Å². The highest BCUT2D eigenvalue weighted by molar-refractivity contribution is 5.82. The van der Waals surface area contributed by atoms with E-state index in [0.29, 0.717) is 18.5 Å². The van der Waals surface area contributed by atoms with Crippen molar-refractivity contribution in [2.45, 2.75) is 51.1 Å². The number of fused-ring (bicyclic) bond motifs is 1. The SMILES string of the molecule is O=C(NCc1nnc2n1CCCCC2)C1CC1c1ccccc1F. The first-order valence-corrected chi connectivity index (χ1v) is 8.67. The van der Waals surface area contributed by atoms with Gasteiger partial charge in [-0.15, -0.1) is 10.2 Å². The maximum absolute atomic E-state index is 13.8. The van der Waals surface area contributed by atoms with Crippen LogP contribution in [0.15, 0.2) is 24.3 Å². The molecular weight excluding hydrogens is 307 g/mol. The van der Waals surface area contributed by atoms with Crippen LogP contribution in [-0.4, -0.2) is 20.7 Å². The highest BCUT2D eigenvalue weighted by Crippen LogP contribution is 2.48. The van der Waals surface area contributed by atoms with Gasteiger partial charge in [-0.05, 0) is 36.8 Å². The number of carbonyl (C=O) groups excluding carboxylic acids is 1. The number of nitrogens with one attached hydrogen (secondary N) is 1. The van der Waals surface area contributed by atoms with Crippen molar-refractivity contribution < 1.29 is 9.18 Å². The highest BCUT2D eigenvalue weighted by Gasteiger charge is 2.45. The molecule has 0 saturated heterocycles. The largest absolute Gasteiger partial charge is 0.349 e. The zero-order valence-corrected chi connectivity index (χ0v) is 13.5. The maximum Gasteiger partial charge on any atom is 0.224 e. The van der Waals surface area contributed by atoms with Gasteiger partial charge < -0.3 is 9.88 Å². The third-order valence-corrected chi connectivity index (χ3v) is 5.04. The van der Waals surface area contributed by atoms with Crippen molar-refractivity contribution in [3.05, 3.63) is 47.3 Å². The second-order valence-electron chi connectivity index (χ2n) is 6.68. The van der Waals surface area contributed by atoms with Crippen LogP contribution in [0.4, 0.5) is 4.39 Å². The van der Waals surface area contributed by atoms with Crippen LogP contribution >= 0.6 is 0 Å². The van der Waals surface area contributed by atoms with Crippen LogP contribution in [-0.2, 0) is 24.3 Å². The third-order valence-electron chi connectivity index (χ3n) is 5.04. The Kier molecular flexibility index (Phi) is 4.04. The Morgan fingerprint density at radius 3 is 3.00 bits per heavy atom. The van der Waals surface area contributed by atoms with Crippen molar-refractivity contribution in [1.29, 1.82) is 0 Å². The topological polar surface area (TPSA) is 59.8 Å². The molecule has 1 fully saturated rings. The molecule has 24 heavy (non-hydrogen) atoms. The summed E-state index contributed by atoms with van der Waals surface area (Å²) in [7, 11) is 0. The molecule has 0 spiro atoms. The standard InChI is InChI=1S/C18H21FN4O/c19-15-7-4-3-6-12(15)13-10-14(13)18(24)20-11-17-22-21-16-8-2-1-5-9-23(16)17/h3-4,6-7,13-14H,1-2,5,8-11H2,(H,20,24). The lowest BCUT2D eigenvalue weighted by atomic mass is 10.1. The molecule has 126 valence electrons. The second kappa shape index (κ2) is 6.34. The van der Waals surface area contributed by atoms with Gasteiger partial charge in [0.2, 0.25) is 5.91 Å². The Morgan fingerprint density at radius 1 is 1.25 bits per heavy atom. The molecule has 2 aromatic rings. The number of benzene rings is 1. The van der Waals surface area contributed by atoms with E-state index in [2.05, 4.69) is 20.1 Å². The first kappa shape index (κ1) is 15.3. The normalized spacial score (nSPS) is 22.5. The molecule has 5 nitrogen and oxygen atoms in total. The molecule has 1 aromatic heterocycles. The van der Waals surface area contributed by atoms with Crippen LogP contribution in [0.5, 0.6) is 0 Å². The van der Waals surface area contributed by atoms with Crippen molar-refractivity contribution in [1.82, 2.24) is 20.1 Å². The van der Waals surface area contributed by atoms with Gasteiger partial charge in [-0.25, -0.2) is 4.39 Å². The lowest BCUT2D eigenvalue weighted by Gasteiger charge is -2.08. The predicted octanol–water partition coefficient (Wildman–Crippen LogP) is 2.56. The zero-order valence-electron chi connectivity index (χ0n) is 13.5. The van der Waals surface area contributed by atoms with Crippen molar-refractivity contribution in [2.75, 3.05) is 0 Å². The summed E-state index contributed by atoms with van der Waals surface area (Å²) in [5.41, 5.74) is 0.647. The number of hydrogen-bond donors (Lipinski definition) is 1. The van der Waals surface area contributed by atoms with Crippen LogP contribution in [0.2, 0.25) is 0 Å². The van der Waals surface area contributed by atoms with Crippen LogP contribution in [0.3, 0.4) is 0 Å². The molecule has 1 amide bonds. The fourth-order valence-electron chi connectivity index (χ4n) is 3.58. The minimum absolute atomic E-state index is 0.00159. The van der Waals surface area contributed by atoms with E-state index >= 15 is 0 Å². The van der Waals surface area contributed by atoms with Crippen LogP contribution in [0, 0.1) is 11.7 Å². The van der Waals surface area contributed by atoms with Gasteiger partial charge in [0.15, 0.2) is 5.82 Å². The minimum Gasteiger partial charge on any atom is -0.349 e. The van der Waals surface area contributed by atoms with E-state index in [4.69, 9.17) is 0 Å². The van der Waals surface area contributed by atoms with Gasteiger partial charge in [0, 0.05) is 18.9 Å². The van der Waals surface area contributed by atoms with Crippen molar-refractivity contribution >= 4 is 5.91 Å². The molecule has 1 aliphatic carbocycles. The molecule has 4 rings (SSSR count). The number of nitrogens with zero attached hydrogens (tertiary/aromatic N) is 3. The van der Waals surface area contributed by atoms with Gasteiger partial charge in [-0.3, -0.25) is 4.79 Å². The van der Waals surface area contributed by atoms with Crippen LogP contribution in [0.25, 0.3) is 0 Å². The Balaban J connectivity index is 1.37. The number of amides is 1. The second-order valence-corrected chi connectivity index (χ2v) is 6.68. The first-order valence-electron chi connectivity index (χ1n) is 8.67. The number of halogens is 1. The fraction of sp³-hybridized carbons (Fsp3) is 0.500. The molecule has 1 saturated carbocycles. The average Bonchev–Trinajstić information content (AvgIpc) is 3.34. The van der Waals surface area contributed by atoms with Gasteiger partial charge in [-0.2, -0.15) is 0 Å². The Bertz CT molecular complexity index is 757. The maximum atomic E-state index is 13.8. The summed E-state index contributed by atoms with van der Waals surface area (Å²) in [5, 5.41) is 11.4. The van der Waals surface area contributed by atoms with E-state index in [9.17, 15) is 9.18 Å². The predicted molar refractivity (Wildman–Crippen MR) is 86.7 cm³/mol. The Labute approximate surface area is 140 Å². The molecule has 1 aromatic carbocycles. The molecule has 2 unspecified atom stereocenters. The molecule has 2 atom stereocenters. The van der Waals surface area contributed by atoms with E-state index in [1.807, 2.05) is 6.07 Å². The molecule has 6 heteroatoms. The van der Waals surface area contributed by atoms with Crippen LogP contribution < -0.4 is 5.32 Å². The number of rotatable bonds is 4. The molecule has 1 aliphatic heterocycles. The quantitative estimate of drug-likeness (QED) is 0.938. The Hall–Kier alpha value is -2.24. The smallest absolute Gasteiger partial charge is 0.224 e. The van der Waals surface area contributed by atoms with Gasteiger partial charge in [-0.1, -0.05) is 24.6 Å². The zero-order chi connectivity index (χ0) is 16.5. The van der Waals surface area contributed by atoms with Gasteiger partial charge in [0.25, 0.3) is 0 Å². The number of hydrogen-bond acceptors (Lipinski definition) is 3. The van der Waals surface area contributed by atoms with Gasteiger partial charge in [0.1, 0.15) is 11.6 Å². The van der Waals surface area contributed by atoms with E-state index in [1.165, 1.54) is 12.5 Å². The number of aromatic nitrogens is 3. The highest BCUT2D eigenvalue weighted by atomic mass is 19.1. The summed E-state index contributed by atoms with van der Waals surface area (Å²) in [6, 6.07) is 6.71. The summed E-state index contributed by atoms with van der Waals surface area (Å²) >= 11 is 0. The Morgan fingerprint density at radius 2 is 2.12 bits per heavy atom. The summed E-state index contributed by atoms with van der Waals surface area (Å²) in [5.74, 6) is 1.47. The molecule has 0 bridgehead atoms. The summed E-state index contributed by atoms with van der Waals surface area (Å²) in [6.45, 7) is 1.32. The number of carbonyl (C=O) groups is 1. The van der Waals surface area contributed by atoms with E-state index in [-0.39, 0.29) is 23.6 Å². The lowest BCUT2D eigenvalue weighted by Crippen LogP contribution is -2.26. The van der Waals surface area contributed by atoms with Crippen molar-refractivity contribution in [3.63, 3.8) is 0 Å². The average molecular weight is 328 g/mol. The van der Waals surface area contributed by atoms with E-state index in [0.717, 1.165) is 37.5 Å². The molecule has 2 heterocycles. The summed E-state index contributed by atoms with van der Waals surface area (Å²) in [4.78, 5) is 12.3. The number of aryl methyl sites for hydroxylation is 1. The molecule has 1 N–H and O–H groups in total. The minimum atomic E-state index is -0.222. The molecule has 0 radical (unpaired) electrons.